The van der Waals surface area contributed by atoms with E-state index in [1.54, 1.807) is 24.3 Å². The van der Waals surface area contributed by atoms with Gasteiger partial charge in [-0.25, -0.2) is 0 Å². The van der Waals surface area contributed by atoms with Gasteiger partial charge in [-0.15, -0.1) is 0 Å². The second-order valence-electron chi connectivity index (χ2n) is 4.54. The average Bonchev–Trinajstić information content (AvgIpc) is 2.80. The molecule has 0 aliphatic rings. The molecule has 101 valence electrons. The minimum absolute atomic E-state index is 0.326. The highest BCUT2D eigenvalue weighted by Crippen LogP contribution is 2.30. The zero-order valence-corrected chi connectivity index (χ0v) is 10.4. The Kier molecular flexibility index (Phi) is 3.01. The van der Waals surface area contributed by atoms with Crippen LogP contribution in [-0.4, -0.2) is 0 Å². The van der Waals surface area contributed by atoms with Crippen molar-refractivity contribution in [2.24, 2.45) is 0 Å². The van der Waals surface area contributed by atoms with E-state index in [0.717, 1.165) is 17.5 Å². The third-order valence-corrected chi connectivity index (χ3v) is 3.03. The van der Waals surface area contributed by atoms with Crippen molar-refractivity contribution >= 4 is 11.0 Å². The average molecular weight is 275 g/mol. The second-order valence-corrected chi connectivity index (χ2v) is 4.54. The molecule has 0 bridgehead atoms. The Hall–Kier alpha value is -2.23. The van der Waals surface area contributed by atoms with Gasteiger partial charge in [-0.05, 0) is 29.8 Å². The van der Waals surface area contributed by atoms with Gasteiger partial charge in [0.05, 0.1) is 5.56 Å². The summed E-state index contributed by atoms with van der Waals surface area (Å²) in [5.41, 5.74) is 0.617. The van der Waals surface area contributed by atoms with Crippen molar-refractivity contribution in [3.8, 4) is 0 Å². The molecule has 1 aromatic heterocycles. The van der Waals surface area contributed by atoms with Crippen molar-refractivity contribution in [3.05, 3.63) is 71.5 Å². The first-order chi connectivity index (χ1) is 9.52. The van der Waals surface area contributed by atoms with Gasteiger partial charge >= 0.3 is 6.18 Å². The summed E-state index contributed by atoms with van der Waals surface area (Å²) >= 11 is 0. The number of halogens is 3. The fourth-order valence-electron chi connectivity index (χ4n) is 2.11. The number of alkyl halides is 3. The topological polar surface area (TPSA) is 13.1 Å². The molecular weight excluding hydrogens is 265 g/mol. The van der Waals surface area contributed by atoms with E-state index >= 15 is 0 Å². The van der Waals surface area contributed by atoms with Crippen LogP contribution < -0.4 is 0 Å². The number of benzene rings is 2. The summed E-state index contributed by atoms with van der Waals surface area (Å²) in [5, 5.41) is 0.828. The lowest BCUT2D eigenvalue weighted by Crippen LogP contribution is -2.05. The molecule has 1 heterocycles. The van der Waals surface area contributed by atoms with Crippen molar-refractivity contribution in [3.63, 3.8) is 0 Å². The molecule has 3 rings (SSSR count). The molecule has 0 atom stereocenters. The minimum atomic E-state index is -4.32. The summed E-state index contributed by atoms with van der Waals surface area (Å²) in [5.74, 6) is 0.627. The van der Waals surface area contributed by atoms with Crippen LogP contribution in [0.2, 0.25) is 0 Å². The molecule has 1 nitrogen and oxygen atoms in total. The van der Waals surface area contributed by atoms with Crippen LogP contribution >= 0.6 is 0 Å². The summed E-state index contributed by atoms with van der Waals surface area (Å²) in [7, 11) is 0. The first kappa shape index (κ1) is 12.8. The quantitative estimate of drug-likeness (QED) is 0.652. The monoisotopic (exact) mass is 275 g/mol. The Bertz CT molecular complexity index is 708. The molecule has 0 N–H and O–H groups in total. The maximum atomic E-state index is 12.6. The maximum absolute atomic E-state index is 12.6. The van der Waals surface area contributed by atoms with Crippen LogP contribution in [0.3, 0.4) is 0 Å². The van der Waals surface area contributed by atoms with Crippen LogP contribution in [0.4, 0.5) is 13.2 Å². The molecule has 0 amide bonds. The minimum Gasteiger partial charge on any atom is -0.461 e. The Morgan fingerprint density at radius 1 is 1.05 bits per heavy atom. The van der Waals surface area contributed by atoms with Gasteiger partial charge < -0.3 is 4.42 Å². The standard InChI is InChI=1S/C16H10F3O/c17-16(18,19)13-6-3-4-11(8-13)9-14-10-12-5-1-2-7-15(12)20-14/h1-4,6-8,10H,9H2. The van der Waals surface area contributed by atoms with E-state index < -0.39 is 11.7 Å². The summed E-state index contributed by atoms with van der Waals surface area (Å²) in [6, 6.07) is 15.5. The lowest BCUT2D eigenvalue weighted by Gasteiger charge is -2.07. The Balaban J connectivity index is 1.91. The lowest BCUT2D eigenvalue weighted by molar-refractivity contribution is -0.137. The van der Waals surface area contributed by atoms with Crippen LogP contribution in [0.15, 0.2) is 52.9 Å². The molecule has 0 saturated heterocycles. The summed E-state index contributed by atoms with van der Waals surface area (Å²) in [6.45, 7) is 0. The zero-order chi connectivity index (χ0) is 14.2. The third-order valence-electron chi connectivity index (χ3n) is 3.03. The number of hydrogen-bond acceptors (Lipinski definition) is 1. The van der Waals surface area contributed by atoms with Gasteiger partial charge in [0, 0.05) is 11.8 Å². The van der Waals surface area contributed by atoms with Gasteiger partial charge in [0.15, 0.2) is 0 Å². The maximum Gasteiger partial charge on any atom is 0.416 e. The fourth-order valence-corrected chi connectivity index (χ4v) is 2.11. The Morgan fingerprint density at radius 3 is 2.65 bits per heavy atom. The summed E-state index contributed by atoms with van der Waals surface area (Å²) in [6.07, 6.45) is -4.00. The van der Waals surface area contributed by atoms with E-state index in [4.69, 9.17) is 4.42 Å². The highest BCUT2D eigenvalue weighted by Gasteiger charge is 2.30. The van der Waals surface area contributed by atoms with Gasteiger partial charge in [0.25, 0.3) is 0 Å². The molecule has 0 aliphatic heterocycles. The first-order valence-corrected chi connectivity index (χ1v) is 6.08. The van der Waals surface area contributed by atoms with E-state index in [9.17, 15) is 13.2 Å². The van der Waals surface area contributed by atoms with Gasteiger partial charge in [-0.3, -0.25) is 0 Å². The molecule has 3 aromatic rings. The van der Waals surface area contributed by atoms with Crippen molar-refractivity contribution in [1.29, 1.82) is 0 Å². The predicted octanol–water partition coefficient (Wildman–Crippen LogP) is 4.84. The zero-order valence-electron chi connectivity index (χ0n) is 10.4. The van der Waals surface area contributed by atoms with E-state index in [1.807, 2.05) is 6.07 Å². The van der Waals surface area contributed by atoms with Crippen molar-refractivity contribution in [2.45, 2.75) is 12.6 Å². The van der Waals surface area contributed by atoms with Gasteiger partial charge in [-0.1, -0.05) is 30.3 Å². The van der Waals surface area contributed by atoms with Gasteiger partial charge in [-0.2, -0.15) is 13.2 Å². The largest absolute Gasteiger partial charge is 0.461 e. The van der Waals surface area contributed by atoms with Crippen molar-refractivity contribution in [1.82, 2.24) is 0 Å². The van der Waals surface area contributed by atoms with E-state index in [2.05, 4.69) is 6.07 Å². The molecule has 0 saturated carbocycles. The van der Waals surface area contributed by atoms with Crippen LogP contribution in [-0.2, 0) is 12.6 Å². The molecular formula is C16H10F3O. The van der Waals surface area contributed by atoms with Crippen molar-refractivity contribution < 1.29 is 17.6 Å². The predicted molar refractivity (Wildman–Crippen MR) is 69.3 cm³/mol. The number of fused-ring (bicyclic) bond motifs is 1. The van der Waals surface area contributed by atoms with Crippen molar-refractivity contribution in [2.75, 3.05) is 0 Å². The van der Waals surface area contributed by atoms with Crippen LogP contribution in [0, 0.1) is 6.07 Å². The molecule has 2 aromatic carbocycles. The second kappa shape index (κ2) is 4.71. The number of furan rings is 1. The molecule has 0 spiro atoms. The van der Waals surface area contributed by atoms with Gasteiger partial charge in [0.2, 0.25) is 0 Å². The molecule has 1 radical (unpaired) electrons. The Labute approximate surface area is 113 Å². The van der Waals surface area contributed by atoms with E-state index in [1.165, 1.54) is 6.07 Å². The first-order valence-electron chi connectivity index (χ1n) is 6.08. The Morgan fingerprint density at radius 2 is 1.90 bits per heavy atom. The normalized spacial score (nSPS) is 11.9. The van der Waals surface area contributed by atoms with E-state index in [0.29, 0.717) is 23.3 Å². The van der Waals surface area contributed by atoms with Crippen LogP contribution in [0.25, 0.3) is 11.0 Å². The smallest absolute Gasteiger partial charge is 0.416 e. The van der Waals surface area contributed by atoms with E-state index in [-0.39, 0.29) is 0 Å². The SMILES string of the molecule is FC(F)(F)c1cccc(Cc2cc3[c]cccc3o2)c1. The van der Waals surface area contributed by atoms with Gasteiger partial charge in [0.1, 0.15) is 11.3 Å². The molecule has 0 aliphatic carbocycles. The molecule has 20 heavy (non-hydrogen) atoms. The van der Waals surface area contributed by atoms with Crippen LogP contribution in [0.1, 0.15) is 16.9 Å². The summed E-state index contributed by atoms with van der Waals surface area (Å²) in [4.78, 5) is 0. The number of hydrogen-bond donors (Lipinski definition) is 0. The highest BCUT2D eigenvalue weighted by molar-refractivity contribution is 5.77. The molecule has 0 unspecified atom stereocenters. The summed E-state index contributed by atoms with van der Waals surface area (Å²) < 4.78 is 43.5. The molecule has 0 fully saturated rings. The highest BCUT2D eigenvalue weighted by atomic mass is 19.4. The van der Waals surface area contributed by atoms with Crippen LogP contribution in [0.5, 0.6) is 0 Å². The third kappa shape index (κ3) is 2.54. The fraction of sp³-hybridized carbons (Fsp3) is 0.125. The lowest BCUT2D eigenvalue weighted by atomic mass is 10.1. The number of rotatable bonds is 2. The molecule has 4 heteroatoms.